The summed E-state index contributed by atoms with van der Waals surface area (Å²) in [7, 11) is 0. The van der Waals surface area contributed by atoms with Crippen molar-refractivity contribution in [1.82, 2.24) is 5.32 Å². The molecule has 17 heavy (non-hydrogen) atoms. The van der Waals surface area contributed by atoms with Gasteiger partial charge in [-0.15, -0.1) is 0 Å². The molecule has 5 nitrogen and oxygen atoms in total. The van der Waals surface area contributed by atoms with Crippen LogP contribution in [-0.2, 0) is 11.3 Å². The van der Waals surface area contributed by atoms with Crippen LogP contribution in [0.3, 0.4) is 0 Å². The zero-order valence-corrected chi connectivity index (χ0v) is 10.1. The fraction of sp³-hybridized carbons (Fsp3) is 0.273. The summed E-state index contributed by atoms with van der Waals surface area (Å²) in [6, 6.07) is 7.00. The van der Waals surface area contributed by atoms with E-state index >= 15 is 0 Å². The van der Waals surface area contributed by atoms with Crippen molar-refractivity contribution in [3.63, 3.8) is 0 Å². The van der Waals surface area contributed by atoms with E-state index in [0.29, 0.717) is 25.3 Å². The van der Waals surface area contributed by atoms with Crippen molar-refractivity contribution < 1.29 is 9.53 Å². The van der Waals surface area contributed by atoms with Crippen LogP contribution in [0.5, 0.6) is 0 Å². The van der Waals surface area contributed by atoms with E-state index in [4.69, 9.17) is 16.2 Å². The average molecular weight is 253 g/mol. The molecule has 1 amide bonds. The van der Waals surface area contributed by atoms with Gasteiger partial charge in [0.1, 0.15) is 6.61 Å². The molecule has 1 aromatic rings. The largest absolute Gasteiger partial charge is 0.466 e. The number of nitrogens with two attached hydrogens (primary N) is 2. The number of carbonyl (C=O) groups excluding carboxylic acids is 1. The van der Waals surface area contributed by atoms with Gasteiger partial charge < -0.3 is 21.5 Å². The maximum atomic E-state index is 11.5. The van der Waals surface area contributed by atoms with Crippen molar-refractivity contribution in [2.45, 2.75) is 6.61 Å². The lowest BCUT2D eigenvalue weighted by Gasteiger charge is -2.06. The van der Waals surface area contributed by atoms with E-state index in [0.717, 1.165) is 5.56 Å². The normalized spacial score (nSPS) is 9.71. The summed E-state index contributed by atoms with van der Waals surface area (Å²) in [4.78, 5) is 11.5. The van der Waals surface area contributed by atoms with Crippen molar-refractivity contribution in [2.24, 2.45) is 11.5 Å². The van der Waals surface area contributed by atoms with Gasteiger partial charge in [-0.05, 0) is 29.9 Å². The maximum absolute atomic E-state index is 11.5. The molecule has 0 bridgehead atoms. The third-order valence-corrected chi connectivity index (χ3v) is 2.14. The Balaban J connectivity index is 2.55. The molecule has 6 heteroatoms. The highest BCUT2D eigenvalue weighted by Gasteiger charge is 2.04. The zero-order chi connectivity index (χ0) is 12.7. The van der Waals surface area contributed by atoms with Crippen LogP contribution in [0.4, 0.5) is 0 Å². The lowest BCUT2D eigenvalue weighted by molar-refractivity contribution is 0.0954. The number of rotatable bonds is 5. The van der Waals surface area contributed by atoms with Gasteiger partial charge in [-0.3, -0.25) is 4.79 Å². The maximum Gasteiger partial charge on any atom is 0.254 e. The Bertz CT molecular complexity index is 392. The molecule has 0 atom stereocenters. The smallest absolute Gasteiger partial charge is 0.254 e. The molecule has 0 aliphatic heterocycles. The molecule has 0 aliphatic carbocycles. The first-order valence-electron chi connectivity index (χ1n) is 5.13. The van der Waals surface area contributed by atoms with Gasteiger partial charge in [0.2, 0.25) is 0 Å². The van der Waals surface area contributed by atoms with Crippen LogP contribution in [0.25, 0.3) is 0 Å². The lowest BCUT2D eigenvalue weighted by Crippen LogP contribution is -2.28. The molecule has 92 valence electrons. The molecule has 5 N–H and O–H groups in total. The van der Waals surface area contributed by atoms with E-state index < -0.39 is 0 Å². The van der Waals surface area contributed by atoms with E-state index in [1.807, 2.05) is 0 Å². The lowest BCUT2D eigenvalue weighted by atomic mass is 10.1. The van der Waals surface area contributed by atoms with Gasteiger partial charge in [-0.25, -0.2) is 0 Å². The molecule has 0 spiro atoms. The third kappa shape index (κ3) is 4.80. The predicted octanol–water partition coefficient (Wildman–Crippen LogP) is 0.135. The molecular weight excluding hydrogens is 238 g/mol. The molecule has 0 saturated carbocycles. The second kappa shape index (κ2) is 6.82. The van der Waals surface area contributed by atoms with Gasteiger partial charge in [-0.1, -0.05) is 12.1 Å². The van der Waals surface area contributed by atoms with E-state index in [9.17, 15) is 4.79 Å². The highest BCUT2D eigenvalue weighted by Crippen LogP contribution is 2.05. The summed E-state index contributed by atoms with van der Waals surface area (Å²) < 4.78 is 4.99. The van der Waals surface area contributed by atoms with Gasteiger partial charge in [0.05, 0.1) is 0 Å². The topological polar surface area (TPSA) is 90.4 Å². The van der Waals surface area contributed by atoms with Crippen molar-refractivity contribution in [2.75, 3.05) is 13.1 Å². The Morgan fingerprint density at radius 1 is 1.35 bits per heavy atom. The molecule has 0 fully saturated rings. The Kier molecular flexibility index (Phi) is 5.38. The fourth-order valence-corrected chi connectivity index (χ4v) is 1.25. The summed E-state index contributed by atoms with van der Waals surface area (Å²) in [5.41, 5.74) is 12.0. The number of hydrogen-bond acceptors (Lipinski definition) is 4. The van der Waals surface area contributed by atoms with Gasteiger partial charge >= 0.3 is 0 Å². The summed E-state index contributed by atoms with van der Waals surface area (Å²) >= 11 is 4.59. The number of amides is 1. The minimum Gasteiger partial charge on any atom is -0.466 e. The van der Waals surface area contributed by atoms with E-state index in [1.165, 1.54) is 0 Å². The number of benzene rings is 1. The molecule has 1 aromatic carbocycles. The quantitative estimate of drug-likeness (QED) is 0.649. The van der Waals surface area contributed by atoms with Crippen molar-refractivity contribution >= 4 is 23.3 Å². The number of ether oxygens (including phenoxy) is 1. The van der Waals surface area contributed by atoms with Crippen LogP contribution in [0.1, 0.15) is 15.9 Å². The van der Waals surface area contributed by atoms with Crippen LogP contribution in [0.15, 0.2) is 24.3 Å². The standard InChI is InChI=1S/C11H15N3O2S/c12-5-6-14-10(15)9-3-1-8(2-4-9)7-16-11(13)17/h1-4H,5-7,12H2,(H2,13,17)(H,14,15). The summed E-state index contributed by atoms with van der Waals surface area (Å²) in [6.07, 6.45) is 0. The van der Waals surface area contributed by atoms with Gasteiger partial charge in [0.15, 0.2) is 0 Å². The first kappa shape index (κ1) is 13.4. The van der Waals surface area contributed by atoms with Crippen LogP contribution < -0.4 is 16.8 Å². The number of thiocarbonyl (C=S) groups is 1. The van der Waals surface area contributed by atoms with Crippen molar-refractivity contribution in [3.05, 3.63) is 35.4 Å². The van der Waals surface area contributed by atoms with Gasteiger partial charge in [0.25, 0.3) is 11.1 Å². The first-order valence-corrected chi connectivity index (χ1v) is 5.53. The minimum atomic E-state index is -0.141. The molecule has 0 unspecified atom stereocenters. The fourth-order valence-electron chi connectivity index (χ4n) is 1.19. The van der Waals surface area contributed by atoms with Gasteiger partial charge in [0, 0.05) is 18.7 Å². The van der Waals surface area contributed by atoms with Gasteiger partial charge in [-0.2, -0.15) is 0 Å². The molecular formula is C11H15N3O2S. The van der Waals surface area contributed by atoms with E-state index in [-0.39, 0.29) is 11.1 Å². The monoisotopic (exact) mass is 253 g/mol. The molecule has 0 saturated heterocycles. The average Bonchev–Trinajstić information content (AvgIpc) is 2.34. The number of hydrogen-bond donors (Lipinski definition) is 3. The minimum absolute atomic E-state index is 0.00904. The van der Waals surface area contributed by atoms with Crippen LogP contribution in [0, 0.1) is 0 Å². The molecule has 0 aromatic heterocycles. The summed E-state index contributed by atoms with van der Waals surface area (Å²) in [5, 5.41) is 2.69. The third-order valence-electron chi connectivity index (χ3n) is 2.03. The summed E-state index contributed by atoms with van der Waals surface area (Å²) in [5.74, 6) is -0.141. The highest BCUT2D eigenvalue weighted by molar-refractivity contribution is 7.80. The predicted molar refractivity (Wildman–Crippen MR) is 69.4 cm³/mol. The Labute approximate surface area is 105 Å². The van der Waals surface area contributed by atoms with Crippen LogP contribution in [-0.4, -0.2) is 24.2 Å². The second-order valence-corrected chi connectivity index (χ2v) is 3.75. The highest BCUT2D eigenvalue weighted by atomic mass is 32.1. The molecule has 1 rings (SSSR count). The van der Waals surface area contributed by atoms with E-state index in [2.05, 4.69) is 17.5 Å². The number of nitrogens with one attached hydrogen (secondary N) is 1. The number of carbonyl (C=O) groups is 1. The molecule has 0 heterocycles. The Morgan fingerprint density at radius 3 is 2.53 bits per heavy atom. The molecule has 0 aliphatic rings. The van der Waals surface area contributed by atoms with Crippen molar-refractivity contribution in [1.29, 1.82) is 0 Å². The summed E-state index contributed by atoms with van der Waals surface area (Å²) in [6.45, 7) is 1.19. The second-order valence-electron chi connectivity index (χ2n) is 3.35. The Hall–Kier alpha value is -1.66. The van der Waals surface area contributed by atoms with Crippen LogP contribution >= 0.6 is 12.2 Å². The first-order chi connectivity index (χ1) is 8.13. The SMILES string of the molecule is NCCNC(=O)c1ccc(COC(N)=S)cc1. The van der Waals surface area contributed by atoms with E-state index in [1.54, 1.807) is 24.3 Å². The Morgan fingerprint density at radius 2 is 2.00 bits per heavy atom. The molecule has 0 radical (unpaired) electrons. The van der Waals surface area contributed by atoms with Crippen molar-refractivity contribution in [3.8, 4) is 0 Å². The zero-order valence-electron chi connectivity index (χ0n) is 9.31. The van der Waals surface area contributed by atoms with Crippen LogP contribution in [0.2, 0.25) is 0 Å².